The van der Waals surface area contributed by atoms with Crippen molar-refractivity contribution in [3.63, 3.8) is 0 Å². The first-order valence-corrected chi connectivity index (χ1v) is 9.33. The van der Waals surface area contributed by atoms with Crippen molar-refractivity contribution in [2.24, 2.45) is 0 Å². The molecule has 5 heteroatoms. The fraction of sp³-hybridized carbons (Fsp3) is 0.400. The minimum Gasteiger partial charge on any atom is -0.493 e. The van der Waals surface area contributed by atoms with Crippen molar-refractivity contribution >= 4 is 19.2 Å². The molecule has 0 aliphatic heterocycles. The molecule has 2 rings (SSSR count). The van der Waals surface area contributed by atoms with Crippen molar-refractivity contribution in [2.75, 3.05) is 21.0 Å². The van der Waals surface area contributed by atoms with Crippen LogP contribution in [0.15, 0.2) is 42.5 Å². The van der Waals surface area contributed by atoms with Gasteiger partial charge in [-0.25, -0.2) is 0 Å². The molecule has 0 bridgehead atoms. The van der Waals surface area contributed by atoms with E-state index in [9.17, 15) is 0 Å². The fourth-order valence-corrected chi connectivity index (χ4v) is 3.63. The second kappa shape index (κ2) is 9.19. The molecule has 1 N–H and O–H groups in total. The Morgan fingerprint density at radius 1 is 0.960 bits per heavy atom. The first-order chi connectivity index (χ1) is 11.9. The van der Waals surface area contributed by atoms with Crippen molar-refractivity contribution in [3.8, 4) is 11.5 Å². The molecule has 0 saturated carbocycles. The van der Waals surface area contributed by atoms with Gasteiger partial charge in [-0.2, -0.15) is 0 Å². The van der Waals surface area contributed by atoms with Crippen molar-refractivity contribution < 1.29 is 14.2 Å². The third-order valence-electron chi connectivity index (χ3n) is 3.62. The molecule has 0 radical (unpaired) electrons. The normalized spacial score (nSPS) is 11.9. The number of para-hydroxylation sites is 1. The van der Waals surface area contributed by atoms with Crippen LogP contribution >= 0.6 is 8.58 Å². The van der Waals surface area contributed by atoms with Crippen molar-refractivity contribution in [2.45, 2.75) is 32.9 Å². The van der Waals surface area contributed by atoms with Crippen LogP contribution in [0.5, 0.6) is 11.5 Å². The van der Waals surface area contributed by atoms with E-state index in [0.29, 0.717) is 8.58 Å². The van der Waals surface area contributed by atoms with E-state index in [1.54, 1.807) is 14.2 Å². The van der Waals surface area contributed by atoms with Gasteiger partial charge in [-0.05, 0) is 37.7 Å². The molecule has 0 aliphatic rings. The van der Waals surface area contributed by atoms with Gasteiger partial charge in [-0.1, -0.05) is 45.0 Å². The standard InChI is InChI=1S/C20H28NO3P/c1-20(2,3)21-13-15-9-6-7-11-17(15)25-18-12-8-10-16(23-5)19(18)24-14-22-4/h6-12,21,25H,13-14H2,1-5H3. The molecule has 0 heterocycles. The Morgan fingerprint density at radius 2 is 1.68 bits per heavy atom. The quantitative estimate of drug-likeness (QED) is 0.579. The van der Waals surface area contributed by atoms with Gasteiger partial charge in [-0.15, -0.1) is 0 Å². The van der Waals surface area contributed by atoms with E-state index in [4.69, 9.17) is 14.2 Å². The van der Waals surface area contributed by atoms with Crippen LogP contribution in [0.3, 0.4) is 0 Å². The van der Waals surface area contributed by atoms with E-state index >= 15 is 0 Å². The molecule has 1 unspecified atom stereocenters. The minimum absolute atomic E-state index is 0.0823. The van der Waals surface area contributed by atoms with Crippen molar-refractivity contribution in [1.29, 1.82) is 0 Å². The number of hydrogen-bond donors (Lipinski definition) is 1. The van der Waals surface area contributed by atoms with Gasteiger partial charge < -0.3 is 19.5 Å². The average molecular weight is 361 g/mol. The Morgan fingerprint density at radius 3 is 2.36 bits per heavy atom. The van der Waals surface area contributed by atoms with E-state index in [1.807, 2.05) is 12.1 Å². The molecule has 2 aromatic rings. The Labute approximate surface area is 152 Å². The van der Waals surface area contributed by atoms with Gasteiger partial charge in [0.2, 0.25) is 0 Å². The summed E-state index contributed by atoms with van der Waals surface area (Å²) >= 11 is 0. The molecular formula is C20H28NO3P. The Balaban J connectivity index is 2.27. The van der Waals surface area contributed by atoms with E-state index in [-0.39, 0.29) is 12.3 Å². The van der Waals surface area contributed by atoms with E-state index < -0.39 is 0 Å². The van der Waals surface area contributed by atoms with Gasteiger partial charge in [0, 0.05) is 24.5 Å². The highest BCUT2D eigenvalue weighted by atomic mass is 31.1. The van der Waals surface area contributed by atoms with Gasteiger partial charge in [0.1, 0.15) is 0 Å². The first kappa shape index (κ1) is 19.7. The van der Waals surface area contributed by atoms with E-state index in [1.165, 1.54) is 10.9 Å². The lowest BCUT2D eigenvalue weighted by atomic mass is 10.1. The fourth-order valence-electron chi connectivity index (χ4n) is 2.34. The number of benzene rings is 2. The largest absolute Gasteiger partial charge is 0.493 e. The molecular weight excluding hydrogens is 333 g/mol. The highest BCUT2D eigenvalue weighted by molar-refractivity contribution is 7.55. The maximum Gasteiger partial charge on any atom is 0.188 e. The molecule has 0 amide bonds. The number of nitrogens with one attached hydrogen (secondary N) is 1. The molecule has 4 nitrogen and oxygen atoms in total. The summed E-state index contributed by atoms with van der Waals surface area (Å²) in [5.74, 6) is 1.48. The topological polar surface area (TPSA) is 39.7 Å². The summed E-state index contributed by atoms with van der Waals surface area (Å²) in [7, 11) is 3.75. The Hall–Kier alpha value is -1.61. The molecule has 0 aliphatic carbocycles. The van der Waals surface area contributed by atoms with Crippen LogP contribution in [0, 0.1) is 0 Å². The lowest BCUT2D eigenvalue weighted by Gasteiger charge is -2.22. The number of hydrogen-bond acceptors (Lipinski definition) is 4. The van der Waals surface area contributed by atoms with Gasteiger partial charge >= 0.3 is 0 Å². The van der Waals surface area contributed by atoms with Crippen LogP contribution in [0.2, 0.25) is 0 Å². The maximum absolute atomic E-state index is 5.78. The molecule has 0 aromatic heterocycles. The first-order valence-electron chi connectivity index (χ1n) is 8.33. The zero-order valence-corrected chi connectivity index (χ0v) is 16.7. The highest BCUT2D eigenvalue weighted by Crippen LogP contribution is 2.30. The molecule has 1 atom stereocenters. The average Bonchev–Trinajstić information content (AvgIpc) is 2.59. The third-order valence-corrected chi connectivity index (χ3v) is 5.04. The monoisotopic (exact) mass is 361 g/mol. The number of methoxy groups -OCH3 is 2. The van der Waals surface area contributed by atoms with Crippen LogP contribution in [0.25, 0.3) is 0 Å². The number of ether oxygens (including phenoxy) is 3. The molecule has 0 spiro atoms. The second-order valence-corrected chi connectivity index (χ2v) is 8.10. The smallest absolute Gasteiger partial charge is 0.188 e. The van der Waals surface area contributed by atoms with Crippen LogP contribution in [0.4, 0.5) is 0 Å². The lowest BCUT2D eigenvalue weighted by molar-refractivity contribution is 0.0500. The summed E-state index contributed by atoms with van der Waals surface area (Å²) in [6.07, 6.45) is 0. The summed E-state index contributed by atoms with van der Waals surface area (Å²) < 4.78 is 16.3. The molecule has 0 saturated heterocycles. The molecule has 0 fully saturated rings. The van der Waals surface area contributed by atoms with Gasteiger partial charge in [-0.3, -0.25) is 0 Å². The summed E-state index contributed by atoms with van der Waals surface area (Å²) in [6.45, 7) is 7.57. The zero-order chi connectivity index (χ0) is 18.3. The van der Waals surface area contributed by atoms with Crippen molar-refractivity contribution in [1.82, 2.24) is 5.32 Å². The summed E-state index contributed by atoms with van der Waals surface area (Å²) in [5, 5.41) is 5.98. The van der Waals surface area contributed by atoms with Crippen LogP contribution in [-0.4, -0.2) is 26.6 Å². The summed E-state index contributed by atoms with van der Waals surface area (Å²) in [4.78, 5) is 0. The SMILES string of the molecule is COCOc1c(OC)cccc1Pc1ccccc1CNC(C)(C)C. The molecule has 25 heavy (non-hydrogen) atoms. The third kappa shape index (κ3) is 6.00. The Kier molecular flexibility index (Phi) is 7.24. The zero-order valence-electron chi connectivity index (χ0n) is 15.7. The predicted molar refractivity (Wildman–Crippen MR) is 106 cm³/mol. The summed E-state index contributed by atoms with van der Waals surface area (Å²) in [5.41, 5.74) is 1.38. The van der Waals surface area contributed by atoms with Crippen molar-refractivity contribution in [3.05, 3.63) is 48.0 Å². The van der Waals surface area contributed by atoms with Gasteiger partial charge in [0.15, 0.2) is 18.3 Å². The summed E-state index contributed by atoms with van der Waals surface area (Å²) in [6, 6.07) is 14.5. The van der Waals surface area contributed by atoms with Crippen LogP contribution < -0.4 is 25.4 Å². The molecule has 136 valence electrons. The minimum atomic E-state index is 0.0823. The van der Waals surface area contributed by atoms with Gasteiger partial charge in [0.25, 0.3) is 0 Å². The van der Waals surface area contributed by atoms with E-state index in [0.717, 1.165) is 23.3 Å². The van der Waals surface area contributed by atoms with Crippen LogP contribution in [0.1, 0.15) is 26.3 Å². The Bertz CT molecular complexity index is 683. The van der Waals surface area contributed by atoms with E-state index in [2.05, 4.69) is 56.4 Å². The van der Waals surface area contributed by atoms with Gasteiger partial charge in [0.05, 0.1) is 7.11 Å². The number of rotatable bonds is 8. The lowest BCUT2D eigenvalue weighted by Crippen LogP contribution is -2.36. The van der Waals surface area contributed by atoms with Crippen LogP contribution in [-0.2, 0) is 11.3 Å². The second-order valence-electron chi connectivity index (χ2n) is 6.77. The molecule has 2 aromatic carbocycles. The predicted octanol–water partition coefficient (Wildman–Crippen LogP) is 3.20. The maximum atomic E-state index is 5.78. The highest BCUT2D eigenvalue weighted by Gasteiger charge is 2.14.